The Morgan fingerprint density at radius 2 is 1.89 bits per heavy atom. The van der Waals surface area contributed by atoms with E-state index in [9.17, 15) is 14.7 Å². The van der Waals surface area contributed by atoms with Crippen LogP contribution in [0, 0.1) is 12.8 Å². The van der Waals surface area contributed by atoms with Crippen LogP contribution in [0.2, 0.25) is 0 Å². The molecule has 1 aliphatic heterocycles. The Morgan fingerprint density at radius 3 is 2.51 bits per heavy atom. The Labute approximate surface area is 208 Å². The molecule has 2 amide bonds. The number of aromatic hydroxyl groups is 1. The molecule has 1 aromatic heterocycles. The summed E-state index contributed by atoms with van der Waals surface area (Å²) in [6.07, 6.45) is 2.41. The molecule has 1 saturated heterocycles. The van der Waals surface area contributed by atoms with Crippen LogP contribution in [-0.2, 0) is 18.3 Å². The summed E-state index contributed by atoms with van der Waals surface area (Å²) in [7, 11) is 0. The van der Waals surface area contributed by atoms with Crippen LogP contribution in [-0.4, -0.2) is 58.2 Å². The van der Waals surface area contributed by atoms with Crippen molar-refractivity contribution in [2.24, 2.45) is 5.92 Å². The molecule has 7 heteroatoms. The lowest BCUT2D eigenvalue weighted by atomic mass is 9.58. The molecule has 2 aromatic rings. The van der Waals surface area contributed by atoms with Gasteiger partial charge in [-0.25, -0.2) is 4.79 Å². The molecule has 35 heavy (non-hydrogen) atoms. The highest BCUT2D eigenvalue weighted by molar-refractivity contribution is 5.99. The highest BCUT2D eigenvalue weighted by Gasteiger charge is 2.49. The van der Waals surface area contributed by atoms with Crippen LogP contribution in [0.1, 0.15) is 73.9 Å². The molecule has 0 spiro atoms. The Bertz CT molecular complexity index is 1120. The molecule has 2 aliphatic rings. The standard InChI is InChI=1S/C28H40N4O3/c1-7-31-12-11-28(20-9-8-10-22(33)13-20)15-24-23(14-21(28)16-31)19(6)25(26(34)29-17(2)3)32(24)27(35)30-18(4)5/h8-10,13,17-18,21,33H,7,11-12,14-16H2,1-6H3,(H,29,34)(H,30,35)/t21-,28+/m1/s1. The first-order valence-corrected chi connectivity index (χ1v) is 12.9. The second-order valence-electron chi connectivity index (χ2n) is 10.9. The Morgan fingerprint density at radius 1 is 1.17 bits per heavy atom. The van der Waals surface area contributed by atoms with E-state index in [1.54, 1.807) is 10.6 Å². The molecule has 1 aromatic carbocycles. The average molecular weight is 481 g/mol. The molecule has 1 fully saturated rings. The first-order valence-electron chi connectivity index (χ1n) is 12.9. The van der Waals surface area contributed by atoms with E-state index in [0.717, 1.165) is 54.9 Å². The van der Waals surface area contributed by atoms with Gasteiger partial charge in [-0.05, 0) is 102 Å². The largest absolute Gasteiger partial charge is 0.508 e. The number of amides is 2. The molecule has 0 radical (unpaired) electrons. The van der Waals surface area contributed by atoms with Crippen molar-refractivity contribution in [1.82, 2.24) is 20.1 Å². The van der Waals surface area contributed by atoms with Gasteiger partial charge < -0.3 is 20.6 Å². The minimum atomic E-state index is -0.256. The fourth-order valence-electron chi connectivity index (χ4n) is 6.15. The minimum absolute atomic E-state index is 0.0326. The van der Waals surface area contributed by atoms with Crippen molar-refractivity contribution in [3.8, 4) is 5.75 Å². The number of hydrogen-bond acceptors (Lipinski definition) is 4. The molecule has 190 valence electrons. The zero-order valence-corrected chi connectivity index (χ0v) is 21.9. The van der Waals surface area contributed by atoms with Gasteiger partial charge in [-0.1, -0.05) is 19.1 Å². The van der Waals surface area contributed by atoms with Crippen molar-refractivity contribution in [3.63, 3.8) is 0 Å². The van der Waals surface area contributed by atoms with Gasteiger partial charge in [-0.2, -0.15) is 0 Å². The van der Waals surface area contributed by atoms with E-state index in [1.807, 2.05) is 46.8 Å². The first kappa shape index (κ1) is 25.3. The van der Waals surface area contributed by atoms with Gasteiger partial charge in [0.1, 0.15) is 11.4 Å². The number of likely N-dealkylation sites (tertiary alicyclic amines) is 1. The smallest absolute Gasteiger partial charge is 0.326 e. The van der Waals surface area contributed by atoms with Crippen LogP contribution in [0.4, 0.5) is 4.79 Å². The van der Waals surface area contributed by atoms with Crippen LogP contribution < -0.4 is 10.6 Å². The number of phenolic OH excluding ortho intramolecular Hbond substituents is 1. The van der Waals surface area contributed by atoms with Gasteiger partial charge in [0.05, 0.1) is 0 Å². The summed E-state index contributed by atoms with van der Waals surface area (Å²) in [5, 5.41) is 16.4. The lowest BCUT2D eigenvalue weighted by Gasteiger charge is -2.51. The van der Waals surface area contributed by atoms with Gasteiger partial charge in [0.2, 0.25) is 0 Å². The van der Waals surface area contributed by atoms with Gasteiger partial charge in [0.15, 0.2) is 0 Å². The molecular formula is C28H40N4O3. The van der Waals surface area contributed by atoms with Crippen molar-refractivity contribution in [1.29, 1.82) is 0 Å². The van der Waals surface area contributed by atoms with Crippen LogP contribution in [0.3, 0.4) is 0 Å². The number of nitrogens with zero attached hydrogens (tertiary/aromatic N) is 2. The van der Waals surface area contributed by atoms with Crippen molar-refractivity contribution >= 4 is 11.9 Å². The summed E-state index contributed by atoms with van der Waals surface area (Å²) in [5.41, 5.74) is 4.31. The average Bonchev–Trinajstić information content (AvgIpc) is 3.07. The van der Waals surface area contributed by atoms with E-state index in [4.69, 9.17) is 0 Å². The number of nitrogens with one attached hydrogen (secondary N) is 2. The minimum Gasteiger partial charge on any atom is -0.508 e. The number of hydrogen-bond donors (Lipinski definition) is 3. The first-order chi connectivity index (χ1) is 16.6. The van der Waals surface area contributed by atoms with Crippen LogP contribution in [0.25, 0.3) is 0 Å². The summed E-state index contributed by atoms with van der Waals surface area (Å²) >= 11 is 0. The number of carbonyl (C=O) groups is 2. The maximum atomic E-state index is 13.5. The number of carbonyl (C=O) groups excluding carboxylic acids is 2. The number of fused-ring (bicyclic) bond motifs is 2. The third-order valence-electron chi connectivity index (χ3n) is 7.84. The molecule has 0 bridgehead atoms. The number of rotatable bonds is 5. The molecule has 3 N–H and O–H groups in total. The number of aromatic nitrogens is 1. The third kappa shape index (κ3) is 4.58. The zero-order valence-electron chi connectivity index (χ0n) is 21.9. The van der Waals surface area contributed by atoms with Gasteiger partial charge in [0, 0.05) is 29.7 Å². The predicted molar refractivity (Wildman–Crippen MR) is 138 cm³/mol. The van der Waals surface area contributed by atoms with Crippen molar-refractivity contribution < 1.29 is 14.7 Å². The summed E-state index contributed by atoms with van der Waals surface area (Å²) in [6, 6.07) is 7.28. The summed E-state index contributed by atoms with van der Waals surface area (Å²) in [5.74, 6) is 0.380. The van der Waals surface area contributed by atoms with E-state index in [0.29, 0.717) is 18.0 Å². The van der Waals surface area contributed by atoms with Crippen LogP contribution in [0.15, 0.2) is 24.3 Å². The normalized spacial score (nSPS) is 22.1. The molecule has 0 saturated carbocycles. The fourth-order valence-corrected chi connectivity index (χ4v) is 6.15. The molecule has 0 unspecified atom stereocenters. The number of piperidine rings is 1. The second kappa shape index (κ2) is 9.69. The molecule has 7 nitrogen and oxygen atoms in total. The molecule has 4 rings (SSSR count). The lowest BCUT2D eigenvalue weighted by molar-refractivity contribution is 0.0841. The molecular weight excluding hydrogens is 440 g/mol. The Balaban J connectivity index is 1.90. The molecule has 2 heterocycles. The van der Waals surface area contributed by atoms with Gasteiger partial charge in [-0.15, -0.1) is 0 Å². The SMILES string of the molecule is CCN1CC[C@@]2(c3cccc(O)c3)Cc3c(c(C)c(C(=O)NC(C)C)n3C(=O)NC(C)C)C[C@@H]2C1. The maximum Gasteiger partial charge on any atom is 0.326 e. The Hall–Kier alpha value is -2.80. The van der Waals surface area contributed by atoms with E-state index < -0.39 is 0 Å². The molecule has 1 aliphatic carbocycles. The monoisotopic (exact) mass is 480 g/mol. The van der Waals surface area contributed by atoms with E-state index in [2.05, 4.69) is 28.5 Å². The van der Waals surface area contributed by atoms with Crippen LogP contribution in [0.5, 0.6) is 5.75 Å². The van der Waals surface area contributed by atoms with Gasteiger partial charge in [0.25, 0.3) is 5.91 Å². The fraction of sp³-hybridized carbons (Fsp3) is 0.571. The molecule has 2 atom stereocenters. The number of benzene rings is 1. The van der Waals surface area contributed by atoms with Gasteiger partial charge >= 0.3 is 6.03 Å². The predicted octanol–water partition coefficient (Wildman–Crippen LogP) is 3.98. The Kier molecular flexibility index (Phi) is 7.00. The second-order valence-corrected chi connectivity index (χ2v) is 10.9. The quantitative estimate of drug-likeness (QED) is 0.604. The van der Waals surface area contributed by atoms with Crippen molar-refractivity contribution in [2.45, 2.75) is 78.3 Å². The zero-order chi connectivity index (χ0) is 25.5. The van der Waals surface area contributed by atoms with Crippen molar-refractivity contribution in [2.75, 3.05) is 19.6 Å². The number of phenols is 1. The van der Waals surface area contributed by atoms with E-state index in [-0.39, 0.29) is 35.2 Å². The van der Waals surface area contributed by atoms with E-state index >= 15 is 0 Å². The highest BCUT2D eigenvalue weighted by Crippen LogP contribution is 2.49. The summed E-state index contributed by atoms with van der Waals surface area (Å²) in [4.78, 5) is 29.4. The lowest BCUT2D eigenvalue weighted by Crippen LogP contribution is -2.54. The topological polar surface area (TPSA) is 86.6 Å². The maximum absolute atomic E-state index is 13.5. The highest BCUT2D eigenvalue weighted by atomic mass is 16.3. The van der Waals surface area contributed by atoms with Gasteiger partial charge in [-0.3, -0.25) is 9.36 Å². The summed E-state index contributed by atoms with van der Waals surface area (Å²) in [6.45, 7) is 14.8. The van der Waals surface area contributed by atoms with Crippen LogP contribution >= 0.6 is 0 Å². The van der Waals surface area contributed by atoms with Crippen molar-refractivity contribution in [3.05, 3.63) is 52.3 Å². The summed E-state index contributed by atoms with van der Waals surface area (Å²) < 4.78 is 1.65. The van der Waals surface area contributed by atoms with E-state index in [1.165, 1.54) is 0 Å². The third-order valence-corrected chi connectivity index (χ3v) is 7.84.